The summed E-state index contributed by atoms with van der Waals surface area (Å²) >= 11 is 0. The van der Waals surface area contributed by atoms with Crippen LogP contribution in [0.25, 0.3) is 16.7 Å². The number of rotatable bonds is 6. The molecule has 1 atom stereocenters. The molecule has 0 fully saturated rings. The minimum atomic E-state index is -3.82. The minimum Gasteiger partial charge on any atom is -0.299 e. The summed E-state index contributed by atoms with van der Waals surface area (Å²) in [7, 11) is -2.32. The monoisotopic (exact) mass is 436 g/mol. The van der Waals surface area contributed by atoms with Gasteiger partial charge in [-0.3, -0.25) is 14.7 Å². The summed E-state index contributed by atoms with van der Waals surface area (Å²) in [5, 5.41) is 10.8. The topological polar surface area (TPSA) is 98.3 Å². The highest BCUT2D eigenvalue weighted by Gasteiger charge is 2.27. The van der Waals surface area contributed by atoms with Crippen molar-refractivity contribution in [2.45, 2.75) is 17.9 Å². The Balaban J connectivity index is 1.58. The number of non-ortho nitro benzene ring substituents is 1. The number of aromatic nitrogens is 2. The molecule has 0 radical (unpaired) electrons. The van der Waals surface area contributed by atoms with Gasteiger partial charge in [-0.15, -0.1) is 0 Å². The Hall–Kier alpha value is -3.56. The Morgan fingerprint density at radius 3 is 2.29 bits per heavy atom. The Bertz CT molecular complexity index is 1350. The molecule has 0 spiro atoms. The zero-order chi connectivity index (χ0) is 22.2. The predicted molar refractivity (Wildman–Crippen MR) is 118 cm³/mol. The van der Waals surface area contributed by atoms with Crippen molar-refractivity contribution in [3.63, 3.8) is 0 Å². The van der Waals surface area contributed by atoms with Gasteiger partial charge in [0.15, 0.2) is 0 Å². The number of para-hydroxylation sites is 2. The summed E-state index contributed by atoms with van der Waals surface area (Å²) in [4.78, 5) is 14.7. The maximum absolute atomic E-state index is 13.0. The van der Waals surface area contributed by atoms with E-state index in [1.807, 2.05) is 53.1 Å². The van der Waals surface area contributed by atoms with Crippen LogP contribution in [0.15, 0.2) is 84.0 Å². The van der Waals surface area contributed by atoms with Crippen molar-refractivity contribution < 1.29 is 13.3 Å². The molecule has 1 heterocycles. The average molecular weight is 436 g/mol. The van der Waals surface area contributed by atoms with Crippen molar-refractivity contribution in [2.24, 2.45) is 0 Å². The fourth-order valence-corrected chi connectivity index (χ4v) is 4.75. The molecule has 0 saturated heterocycles. The lowest BCUT2D eigenvalue weighted by molar-refractivity contribution is -0.384. The molecule has 3 aromatic carbocycles. The van der Waals surface area contributed by atoms with Gasteiger partial charge in [0.1, 0.15) is 6.33 Å². The van der Waals surface area contributed by atoms with Crippen LogP contribution in [0.4, 0.5) is 5.69 Å². The maximum Gasteiger partial charge on any atom is 0.269 e. The molecule has 0 saturated carbocycles. The first-order chi connectivity index (χ1) is 14.8. The van der Waals surface area contributed by atoms with E-state index in [-0.39, 0.29) is 10.6 Å². The molecule has 4 aromatic rings. The van der Waals surface area contributed by atoms with Crippen LogP contribution < -0.4 is 0 Å². The SMILES string of the molecule is CC(c1ccc(-n2cnc3ccccc32)cc1)N(C)S(=O)(=O)c1ccc([N+](=O)[O-])cc1. The molecule has 31 heavy (non-hydrogen) atoms. The Labute approximate surface area is 179 Å². The molecule has 9 heteroatoms. The van der Waals surface area contributed by atoms with E-state index in [2.05, 4.69) is 4.98 Å². The molecule has 1 unspecified atom stereocenters. The van der Waals surface area contributed by atoms with E-state index >= 15 is 0 Å². The molecule has 0 aliphatic carbocycles. The van der Waals surface area contributed by atoms with E-state index < -0.39 is 21.0 Å². The molecule has 0 aliphatic rings. The van der Waals surface area contributed by atoms with Crippen molar-refractivity contribution in [1.82, 2.24) is 13.9 Å². The van der Waals surface area contributed by atoms with Gasteiger partial charge in [-0.1, -0.05) is 24.3 Å². The first kappa shape index (κ1) is 20.7. The Kier molecular flexibility index (Phi) is 5.30. The van der Waals surface area contributed by atoms with Gasteiger partial charge in [-0.2, -0.15) is 4.31 Å². The number of nitrogens with zero attached hydrogens (tertiary/aromatic N) is 4. The number of benzene rings is 3. The zero-order valence-corrected chi connectivity index (χ0v) is 17.7. The van der Waals surface area contributed by atoms with E-state index in [1.165, 1.54) is 35.6 Å². The second-order valence-electron chi connectivity index (χ2n) is 7.14. The van der Waals surface area contributed by atoms with Gasteiger partial charge in [0, 0.05) is 30.9 Å². The number of fused-ring (bicyclic) bond motifs is 1. The van der Waals surface area contributed by atoms with Gasteiger partial charge in [-0.05, 0) is 48.9 Å². The lowest BCUT2D eigenvalue weighted by Crippen LogP contribution is -2.29. The van der Waals surface area contributed by atoms with Gasteiger partial charge in [-0.25, -0.2) is 13.4 Å². The molecule has 158 valence electrons. The quantitative estimate of drug-likeness (QED) is 0.331. The fourth-order valence-electron chi connectivity index (χ4n) is 3.40. The van der Waals surface area contributed by atoms with Crippen LogP contribution in [-0.4, -0.2) is 34.2 Å². The smallest absolute Gasteiger partial charge is 0.269 e. The van der Waals surface area contributed by atoms with Crippen LogP contribution in [0.5, 0.6) is 0 Å². The summed E-state index contributed by atoms with van der Waals surface area (Å²) < 4.78 is 29.2. The van der Waals surface area contributed by atoms with Crippen molar-refractivity contribution in [2.75, 3.05) is 7.05 Å². The lowest BCUT2D eigenvalue weighted by atomic mass is 10.1. The van der Waals surface area contributed by atoms with E-state index in [0.29, 0.717) is 0 Å². The van der Waals surface area contributed by atoms with Gasteiger partial charge in [0.05, 0.1) is 20.9 Å². The average Bonchev–Trinajstić information content (AvgIpc) is 3.22. The molecule has 4 rings (SSSR count). The summed E-state index contributed by atoms with van der Waals surface area (Å²) in [6.07, 6.45) is 1.76. The van der Waals surface area contributed by atoms with E-state index in [0.717, 1.165) is 22.3 Å². The first-order valence-corrected chi connectivity index (χ1v) is 11.0. The van der Waals surface area contributed by atoms with Crippen molar-refractivity contribution >= 4 is 26.7 Å². The molecule has 0 aliphatic heterocycles. The number of sulfonamides is 1. The third-order valence-corrected chi connectivity index (χ3v) is 7.32. The van der Waals surface area contributed by atoms with Crippen molar-refractivity contribution in [3.8, 4) is 5.69 Å². The van der Waals surface area contributed by atoms with Crippen LogP contribution in [0.1, 0.15) is 18.5 Å². The van der Waals surface area contributed by atoms with Crippen LogP contribution in [0.3, 0.4) is 0 Å². The third-order valence-electron chi connectivity index (χ3n) is 5.38. The predicted octanol–water partition coefficient (Wildman–Crippen LogP) is 4.32. The van der Waals surface area contributed by atoms with Crippen molar-refractivity contribution in [3.05, 3.63) is 94.8 Å². The second kappa shape index (κ2) is 7.93. The van der Waals surface area contributed by atoms with Crippen LogP contribution >= 0.6 is 0 Å². The molecular weight excluding hydrogens is 416 g/mol. The van der Waals surface area contributed by atoms with Crippen LogP contribution in [0, 0.1) is 10.1 Å². The molecule has 0 bridgehead atoms. The Morgan fingerprint density at radius 1 is 1.00 bits per heavy atom. The standard InChI is InChI=1S/C22H20N4O4S/c1-16(24(2)31(29,30)20-13-11-19(12-14-20)26(27)28)17-7-9-18(10-8-17)25-15-23-21-5-3-4-6-22(21)25/h3-16H,1-2H3. The van der Waals surface area contributed by atoms with E-state index in [1.54, 1.807) is 13.3 Å². The number of hydrogen-bond acceptors (Lipinski definition) is 5. The van der Waals surface area contributed by atoms with Gasteiger partial charge in [0.25, 0.3) is 5.69 Å². The van der Waals surface area contributed by atoms with Gasteiger partial charge < -0.3 is 0 Å². The summed E-state index contributed by atoms with van der Waals surface area (Å²) in [6.45, 7) is 1.80. The third kappa shape index (κ3) is 3.80. The number of nitro benzene ring substituents is 1. The summed E-state index contributed by atoms with van der Waals surface area (Å²) in [5.41, 5.74) is 3.47. The van der Waals surface area contributed by atoms with Crippen molar-refractivity contribution in [1.29, 1.82) is 0 Å². The number of hydrogen-bond donors (Lipinski definition) is 0. The molecular formula is C22H20N4O4S. The highest BCUT2D eigenvalue weighted by Crippen LogP contribution is 2.28. The van der Waals surface area contributed by atoms with E-state index in [9.17, 15) is 18.5 Å². The van der Waals surface area contributed by atoms with Crippen LogP contribution in [-0.2, 0) is 10.0 Å². The molecule has 8 nitrogen and oxygen atoms in total. The highest BCUT2D eigenvalue weighted by atomic mass is 32.2. The van der Waals surface area contributed by atoms with Crippen LogP contribution in [0.2, 0.25) is 0 Å². The fraction of sp³-hybridized carbons (Fsp3) is 0.136. The Morgan fingerprint density at radius 2 is 1.65 bits per heavy atom. The van der Waals surface area contributed by atoms with E-state index in [4.69, 9.17) is 0 Å². The van der Waals surface area contributed by atoms with Gasteiger partial charge >= 0.3 is 0 Å². The minimum absolute atomic E-state index is 0.00829. The van der Waals surface area contributed by atoms with Gasteiger partial charge in [0.2, 0.25) is 10.0 Å². The summed E-state index contributed by atoms with van der Waals surface area (Å²) in [6, 6.07) is 19.9. The molecule has 0 amide bonds. The normalized spacial score (nSPS) is 12.9. The molecule has 1 aromatic heterocycles. The molecule has 0 N–H and O–H groups in total. The summed E-state index contributed by atoms with van der Waals surface area (Å²) in [5.74, 6) is 0. The lowest BCUT2D eigenvalue weighted by Gasteiger charge is -2.25. The number of imidazole rings is 1. The zero-order valence-electron chi connectivity index (χ0n) is 16.9. The highest BCUT2D eigenvalue weighted by molar-refractivity contribution is 7.89. The largest absolute Gasteiger partial charge is 0.299 e. The number of nitro groups is 1. The maximum atomic E-state index is 13.0. The first-order valence-electron chi connectivity index (χ1n) is 9.54. The second-order valence-corrected chi connectivity index (χ2v) is 9.14.